The highest BCUT2D eigenvalue weighted by atomic mass is 16.1. The minimum atomic E-state index is -0.478. The van der Waals surface area contributed by atoms with Gasteiger partial charge in [0.1, 0.15) is 5.92 Å². The lowest BCUT2D eigenvalue weighted by Crippen LogP contribution is -2.37. The maximum Gasteiger partial charge on any atom is 0.237 e. The van der Waals surface area contributed by atoms with Gasteiger partial charge in [-0.3, -0.25) is 4.79 Å². The predicted octanol–water partition coefficient (Wildman–Crippen LogP) is 2.23. The van der Waals surface area contributed by atoms with Gasteiger partial charge >= 0.3 is 0 Å². The van der Waals surface area contributed by atoms with Crippen molar-refractivity contribution in [3.63, 3.8) is 0 Å². The first-order valence-electron chi connectivity index (χ1n) is 5.68. The third-order valence-electron chi connectivity index (χ3n) is 3.20. The van der Waals surface area contributed by atoms with E-state index in [4.69, 9.17) is 5.26 Å². The number of hydrogen-bond acceptors (Lipinski definition) is 2. The molecule has 0 radical (unpaired) electrons. The van der Waals surface area contributed by atoms with Crippen molar-refractivity contribution in [3.05, 3.63) is 0 Å². The van der Waals surface area contributed by atoms with Crippen LogP contribution in [0.3, 0.4) is 0 Å². The van der Waals surface area contributed by atoms with Gasteiger partial charge in [-0.05, 0) is 31.1 Å². The van der Waals surface area contributed by atoms with Crippen molar-refractivity contribution in [3.8, 4) is 6.07 Å². The summed E-state index contributed by atoms with van der Waals surface area (Å²) in [6.45, 7) is 6.31. The Balaban J connectivity index is 2.44. The Hall–Kier alpha value is -1.04. The zero-order valence-electron chi connectivity index (χ0n) is 9.84. The molecule has 0 aromatic carbocycles. The van der Waals surface area contributed by atoms with E-state index < -0.39 is 5.92 Å². The van der Waals surface area contributed by atoms with Crippen LogP contribution in [-0.2, 0) is 4.79 Å². The lowest BCUT2D eigenvalue weighted by molar-refractivity contribution is -0.124. The number of hydrogen-bond donors (Lipinski definition) is 1. The fourth-order valence-electron chi connectivity index (χ4n) is 2.20. The summed E-state index contributed by atoms with van der Waals surface area (Å²) in [6.07, 6.45) is 3.82. The Bertz CT molecular complexity index is 278. The van der Waals surface area contributed by atoms with Gasteiger partial charge in [-0.1, -0.05) is 20.8 Å². The van der Waals surface area contributed by atoms with Crippen molar-refractivity contribution in [1.29, 1.82) is 5.26 Å². The van der Waals surface area contributed by atoms with E-state index in [-0.39, 0.29) is 11.9 Å². The molecule has 1 rings (SSSR count). The molecule has 1 aliphatic carbocycles. The highest BCUT2D eigenvalue weighted by molar-refractivity contribution is 5.81. The molecule has 0 saturated heterocycles. The van der Waals surface area contributed by atoms with Crippen LogP contribution < -0.4 is 5.32 Å². The summed E-state index contributed by atoms with van der Waals surface area (Å²) in [5, 5.41) is 11.7. The molecular formula is C12H20N2O. The Morgan fingerprint density at radius 3 is 2.73 bits per heavy atom. The highest BCUT2D eigenvalue weighted by Gasteiger charge is 2.32. The Morgan fingerprint density at radius 2 is 2.33 bits per heavy atom. The number of rotatable bonds is 3. The van der Waals surface area contributed by atoms with Gasteiger partial charge in [0.2, 0.25) is 5.91 Å². The monoisotopic (exact) mass is 208 g/mol. The Kier molecular flexibility index (Phi) is 3.73. The molecule has 15 heavy (non-hydrogen) atoms. The molecule has 1 amide bonds. The average Bonchev–Trinajstić information content (AvgIpc) is 2.47. The normalized spacial score (nSPS) is 25.6. The van der Waals surface area contributed by atoms with E-state index in [9.17, 15) is 4.79 Å². The quantitative estimate of drug-likeness (QED) is 0.773. The number of nitrogens with zero attached hydrogens (tertiary/aromatic N) is 1. The van der Waals surface area contributed by atoms with E-state index in [1.165, 1.54) is 0 Å². The largest absolute Gasteiger partial charge is 0.352 e. The van der Waals surface area contributed by atoms with Crippen LogP contribution in [0.25, 0.3) is 0 Å². The molecule has 1 saturated carbocycles. The van der Waals surface area contributed by atoms with E-state index in [1.54, 1.807) is 0 Å². The molecule has 0 aromatic heterocycles. The second-order valence-corrected chi connectivity index (χ2v) is 5.20. The predicted molar refractivity (Wildman–Crippen MR) is 59.0 cm³/mol. The lowest BCUT2D eigenvalue weighted by atomic mass is 9.92. The van der Waals surface area contributed by atoms with E-state index in [0.29, 0.717) is 11.8 Å². The second kappa shape index (κ2) is 4.65. The summed E-state index contributed by atoms with van der Waals surface area (Å²) < 4.78 is 0. The second-order valence-electron chi connectivity index (χ2n) is 5.20. The minimum Gasteiger partial charge on any atom is -0.352 e. The third-order valence-corrected chi connectivity index (χ3v) is 3.20. The molecule has 84 valence electrons. The molecule has 0 spiro atoms. The minimum absolute atomic E-state index is 0.0947. The van der Waals surface area contributed by atoms with E-state index in [0.717, 1.165) is 19.3 Å². The summed E-state index contributed by atoms with van der Waals surface area (Å²) >= 11 is 0. The molecule has 0 aliphatic heterocycles. The Morgan fingerprint density at radius 1 is 1.67 bits per heavy atom. The van der Waals surface area contributed by atoms with Crippen molar-refractivity contribution in [1.82, 2.24) is 5.32 Å². The summed E-state index contributed by atoms with van der Waals surface area (Å²) in [7, 11) is 0. The average molecular weight is 208 g/mol. The SMILES string of the molecule is CCC(C#N)C(=O)NC1CCC(C)(C)C1. The molecule has 1 aliphatic rings. The fourth-order valence-corrected chi connectivity index (χ4v) is 2.20. The molecular weight excluding hydrogens is 188 g/mol. The van der Waals surface area contributed by atoms with Gasteiger partial charge < -0.3 is 5.32 Å². The Labute approximate surface area is 91.9 Å². The van der Waals surface area contributed by atoms with Crippen LogP contribution in [0, 0.1) is 22.7 Å². The first-order chi connectivity index (χ1) is 6.98. The highest BCUT2D eigenvalue weighted by Crippen LogP contribution is 2.36. The van der Waals surface area contributed by atoms with Crippen LogP contribution in [0.4, 0.5) is 0 Å². The van der Waals surface area contributed by atoms with E-state index in [1.807, 2.05) is 13.0 Å². The molecule has 2 unspecified atom stereocenters. The number of carbonyl (C=O) groups is 1. The van der Waals surface area contributed by atoms with Gasteiger partial charge in [-0.25, -0.2) is 0 Å². The maximum atomic E-state index is 11.6. The molecule has 0 bridgehead atoms. The van der Waals surface area contributed by atoms with Crippen LogP contribution in [0.5, 0.6) is 0 Å². The summed E-state index contributed by atoms with van der Waals surface area (Å²) in [6, 6.07) is 2.31. The number of carbonyl (C=O) groups excluding carboxylic acids is 1. The zero-order chi connectivity index (χ0) is 11.5. The topological polar surface area (TPSA) is 52.9 Å². The molecule has 1 N–H and O–H groups in total. The summed E-state index contributed by atoms with van der Waals surface area (Å²) in [5.74, 6) is -0.573. The third kappa shape index (κ3) is 3.23. The van der Waals surface area contributed by atoms with Crippen molar-refractivity contribution in [2.45, 2.75) is 52.5 Å². The van der Waals surface area contributed by atoms with Crippen LogP contribution in [-0.4, -0.2) is 11.9 Å². The molecule has 0 aromatic rings. The molecule has 3 nitrogen and oxygen atoms in total. The first-order valence-corrected chi connectivity index (χ1v) is 5.68. The van der Waals surface area contributed by atoms with Crippen molar-refractivity contribution >= 4 is 5.91 Å². The van der Waals surface area contributed by atoms with Crippen molar-refractivity contribution in [2.75, 3.05) is 0 Å². The standard InChI is InChI=1S/C12H20N2O/c1-4-9(8-13)11(15)14-10-5-6-12(2,3)7-10/h9-10H,4-7H2,1-3H3,(H,14,15). The molecule has 1 fully saturated rings. The molecule has 0 heterocycles. The number of nitriles is 1. The zero-order valence-corrected chi connectivity index (χ0v) is 9.84. The van der Waals surface area contributed by atoms with Crippen LogP contribution >= 0.6 is 0 Å². The van der Waals surface area contributed by atoms with Gasteiger partial charge in [0.15, 0.2) is 0 Å². The van der Waals surface area contributed by atoms with Gasteiger partial charge in [-0.15, -0.1) is 0 Å². The van der Waals surface area contributed by atoms with Gasteiger partial charge in [0.25, 0.3) is 0 Å². The maximum absolute atomic E-state index is 11.6. The smallest absolute Gasteiger partial charge is 0.237 e. The summed E-state index contributed by atoms with van der Waals surface area (Å²) in [5.41, 5.74) is 0.340. The van der Waals surface area contributed by atoms with Crippen molar-refractivity contribution in [2.24, 2.45) is 11.3 Å². The summed E-state index contributed by atoms with van der Waals surface area (Å²) in [4.78, 5) is 11.6. The van der Waals surface area contributed by atoms with E-state index in [2.05, 4.69) is 19.2 Å². The number of nitrogens with one attached hydrogen (secondary N) is 1. The first kappa shape index (κ1) is 12.0. The van der Waals surface area contributed by atoms with Gasteiger partial charge in [0, 0.05) is 6.04 Å². The van der Waals surface area contributed by atoms with Gasteiger partial charge in [0.05, 0.1) is 6.07 Å². The van der Waals surface area contributed by atoms with Crippen LogP contribution in [0.1, 0.15) is 46.5 Å². The fraction of sp³-hybridized carbons (Fsp3) is 0.833. The van der Waals surface area contributed by atoms with Crippen LogP contribution in [0.15, 0.2) is 0 Å². The lowest BCUT2D eigenvalue weighted by Gasteiger charge is -2.18. The van der Waals surface area contributed by atoms with E-state index >= 15 is 0 Å². The molecule has 3 heteroatoms. The van der Waals surface area contributed by atoms with Crippen LogP contribution in [0.2, 0.25) is 0 Å². The molecule has 2 atom stereocenters. The van der Waals surface area contributed by atoms with Crippen molar-refractivity contribution < 1.29 is 4.79 Å². The number of amides is 1. The van der Waals surface area contributed by atoms with Gasteiger partial charge in [-0.2, -0.15) is 5.26 Å².